The van der Waals surface area contributed by atoms with Gasteiger partial charge in [0.2, 0.25) is 0 Å². The first-order valence-corrected chi connectivity index (χ1v) is 7.35. The first kappa shape index (κ1) is 16.9. The van der Waals surface area contributed by atoms with Gasteiger partial charge in [0, 0.05) is 32.3 Å². The number of aliphatic imine (C=N–C) groups is 1. The Kier molecular flexibility index (Phi) is 7.86. The van der Waals surface area contributed by atoms with Gasteiger partial charge in [0.15, 0.2) is 5.96 Å². The number of hydrogen-bond donors (Lipinski definition) is 2. The van der Waals surface area contributed by atoms with Gasteiger partial charge in [0.25, 0.3) is 5.69 Å². The van der Waals surface area contributed by atoms with Gasteiger partial charge >= 0.3 is 0 Å². The third-order valence-electron chi connectivity index (χ3n) is 3.15. The molecular formula is C15H24N4O2. The van der Waals surface area contributed by atoms with Crippen LogP contribution in [0, 0.1) is 10.1 Å². The molecular weight excluding hydrogens is 268 g/mol. The molecule has 1 aromatic carbocycles. The fourth-order valence-corrected chi connectivity index (χ4v) is 1.90. The number of hydrogen-bond acceptors (Lipinski definition) is 3. The Labute approximate surface area is 125 Å². The number of nitro groups is 1. The molecule has 0 aliphatic heterocycles. The molecule has 0 saturated heterocycles. The molecule has 1 rings (SSSR count). The molecule has 0 aliphatic rings. The molecule has 116 valence electrons. The summed E-state index contributed by atoms with van der Waals surface area (Å²) in [5, 5.41) is 17.0. The van der Waals surface area contributed by atoms with Gasteiger partial charge in [0.05, 0.1) is 4.92 Å². The highest BCUT2D eigenvalue weighted by molar-refractivity contribution is 5.79. The number of benzene rings is 1. The van der Waals surface area contributed by atoms with E-state index in [0.717, 1.165) is 24.5 Å². The van der Waals surface area contributed by atoms with Gasteiger partial charge in [-0.1, -0.05) is 38.3 Å². The quantitative estimate of drug-likeness (QED) is 0.254. The van der Waals surface area contributed by atoms with E-state index >= 15 is 0 Å². The van der Waals surface area contributed by atoms with Crippen molar-refractivity contribution in [2.45, 2.75) is 39.2 Å². The minimum atomic E-state index is -0.395. The second kappa shape index (κ2) is 9.74. The van der Waals surface area contributed by atoms with E-state index in [-0.39, 0.29) is 5.69 Å². The van der Waals surface area contributed by atoms with Crippen molar-refractivity contribution in [1.82, 2.24) is 10.6 Å². The van der Waals surface area contributed by atoms with Crippen LogP contribution in [0.5, 0.6) is 0 Å². The molecule has 0 aromatic heterocycles. The van der Waals surface area contributed by atoms with Crippen molar-refractivity contribution < 1.29 is 4.92 Å². The van der Waals surface area contributed by atoms with E-state index in [1.54, 1.807) is 19.2 Å². The highest BCUT2D eigenvalue weighted by Gasteiger charge is 2.04. The first-order valence-electron chi connectivity index (χ1n) is 7.35. The summed E-state index contributed by atoms with van der Waals surface area (Å²) in [6.45, 7) is 3.69. The second-order valence-corrected chi connectivity index (χ2v) is 4.84. The fourth-order valence-electron chi connectivity index (χ4n) is 1.90. The number of guanidine groups is 1. The predicted molar refractivity (Wildman–Crippen MR) is 85.4 cm³/mol. The third kappa shape index (κ3) is 6.74. The van der Waals surface area contributed by atoms with Crippen LogP contribution in [0.3, 0.4) is 0 Å². The van der Waals surface area contributed by atoms with E-state index in [9.17, 15) is 10.1 Å². The van der Waals surface area contributed by atoms with Gasteiger partial charge in [-0.2, -0.15) is 0 Å². The van der Waals surface area contributed by atoms with E-state index in [4.69, 9.17) is 0 Å². The largest absolute Gasteiger partial charge is 0.356 e. The second-order valence-electron chi connectivity index (χ2n) is 4.84. The van der Waals surface area contributed by atoms with Gasteiger partial charge in [-0.15, -0.1) is 0 Å². The molecule has 0 bridgehead atoms. The van der Waals surface area contributed by atoms with Crippen LogP contribution in [0.15, 0.2) is 29.3 Å². The summed E-state index contributed by atoms with van der Waals surface area (Å²) in [6, 6.07) is 6.52. The Hall–Kier alpha value is -2.11. The van der Waals surface area contributed by atoms with Crippen LogP contribution in [-0.4, -0.2) is 24.5 Å². The van der Waals surface area contributed by atoms with Crippen LogP contribution in [0.2, 0.25) is 0 Å². The highest BCUT2D eigenvalue weighted by Crippen LogP contribution is 2.11. The molecule has 1 aromatic rings. The normalized spacial score (nSPS) is 11.2. The van der Waals surface area contributed by atoms with Crippen molar-refractivity contribution in [2.24, 2.45) is 4.99 Å². The van der Waals surface area contributed by atoms with E-state index < -0.39 is 4.92 Å². The highest BCUT2D eigenvalue weighted by atomic mass is 16.6. The predicted octanol–water partition coefficient (Wildman–Crippen LogP) is 2.84. The SMILES string of the molecule is CCCCCCNC(=NC)NCc1ccc([N+](=O)[O-])cc1. The fraction of sp³-hybridized carbons (Fsp3) is 0.533. The van der Waals surface area contributed by atoms with Crippen molar-refractivity contribution in [3.8, 4) is 0 Å². The average molecular weight is 292 g/mol. The van der Waals surface area contributed by atoms with Gasteiger partial charge in [-0.25, -0.2) is 0 Å². The van der Waals surface area contributed by atoms with Gasteiger partial charge in [-0.3, -0.25) is 15.1 Å². The Morgan fingerprint density at radius 2 is 1.90 bits per heavy atom. The van der Waals surface area contributed by atoms with Gasteiger partial charge < -0.3 is 10.6 Å². The van der Waals surface area contributed by atoms with Gasteiger partial charge in [-0.05, 0) is 12.0 Å². The molecule has 0 spiro atoms. The van der Waals surface area contributed by atoms with Crippen molar-refractivity contribution in [1.29, 1.82) is 0 Å². The standard InChI is InChI=1S/C15H24N4O2/c1-3-4-5-6-11-17-15(16-2)18-12-13-7-9-14(10-8-13)19(20)21/h7-10H,3-6,11-12H2,1-2H3,(H2,16,17,18). The summed E-state index contributed by atoms with van der Waals surface area (Å²) < 4.78 is 0. The van der Waals surface area contributed by atoms with Gasteiger partial charge in [0.1, 0.15) is 0 Å². The molecule has 6 heteroatoms. The molecule has 0 radical (unpaired) electrons. The summed E-state index contributed by atoms with van der Waals surface area (Å²) >= 11 is 0. The number of non-ortho nitro benzene ring substituents is 1. The van der Waals surface area contributed by atoms with Crippen LogP contribution < -0.4 is 10.6 Å². The van der Waals surface area contributed by atoms with Crippen molar-refractivity contribution in [3.63, 3.8) is 0 Å². The molecule has 0 saturated carbocycles. The number of nitro benzene ring substituents is 1. The van der Waals surface area contributed by atoms with E-state index in [1.807, 2.05) is 0 Å². The lowest BCUT2D eigenvalue weighted by Crippen LogP contribution is -2.37. The maximum absolute atomic E-state index is 10.6. The zero-order valence-electron chi connectivity index (χ0n) is 12.8. The summed E-state index contributed by atoms with van der Waals surface area (Å²) in [4.78, 5) is 14.3. The Morgan fingerprint density at radius 1 is 1.19 bits per heavy atom. The van der Waals surface area contributed by atoms with E-state index in [2.05, 4.69) is 22.5 Å². The molecule has 6 nitrogen and oxygen atoms in total. The van der Waals surface area contributed by atoms with Crippen LogP contribution in [0.4, 0.5) is 5.69 Å². The number of nitrogens with zero attached hydrogens (tertiary/aromatic N) is 2. The third-order valence-corrected chi connectivity index (χ3v) is 3.15. The topological polar surface area (TPSA) is 79.6 Å². The van der Waals surface area contributed by atoms with Crippen molar-refractivity contribution in [3.05, 3.63) is 39.9 Å². The molecule has 0 unspecified atom stereocenters. The van der Waals surface area contributed by atoms with Crippen molar-refractivity contribution >= 4 is 11.6 Å². The molecule has 2 N–H and O–H groups in total. The molecule has 0 atom stereocenters. The molecule has 0 amide bonds. The van der Waals surface area contributed by atoms with Crippen LogP contribution >= 0.6 is 0 Å². The maximum atomic E-state index is 10.6. The van der Waals surface area contributed by atoms with Crippen LogP contribution in [0.1, 0.15) is 38.2 Å². The van der Waals surface area contributed by atoms with E-state index in [0.29, 0.717) is 6.54 Å². The Balaban J connectivity index is 2.32. The molecule has 21 heavy (non-hydrogen) atoms. The monoisotopic (exact) mass is 292 g/mol. The molecule has 0 fully saturated rings. The zero-order valence-corrected chi connectivity index (χ0v) is 12.8. The summed E-state index contributed by atoms with van der Waals surface area (Å²) in [5.74, 6) is 0.754. The first-order chi connectivity index (χ1) is 10.2. The van der Waals surface area contributed by atoms with Crippen LogP contribution in [0.25, 0.3) is 0 Å². The maximum Gasteiger partial charge on any atom is 0.269 e. The van der Waals surface area contributed by atoms with Crippen LogP contribution in [-0.2, 0) is 6.54 Å². The smallest absolute Gasteiger partial charge is 0.269 e. The summed E-state index contributed by atoms with van der Waals surface area (Å²) in [5.41, 5.74) is 1.09. The zero-order chi connectivity index (χ0) is 15.5. The van der Waals surface area contributed by atoms with Crippen molar-refractivity contribution in [2.75, 3.05) is 13.6 Å². The Morgan fingerprint density at radius 3 is 2.48 bits per heavy atom. The lowest BCUT2D eigenvalue weighted by atomic mass is 10.2. The van der Waals surface area contributed by atoms with E-state index in [1.165, 1.54) is 31.4 Å². The lowest BCUT2D eigenvalue weighted by molar-refractivity contribution is -0.384. The number of rotatable bonds is 8. The lowest BCUT2D eigenvalue weighted by Gasteiger charge is -2.11. The molecule has 0 aliphatic carbocycles. The minimum absolute atomic E-state index is 0.109. The average Bonchev–Trinajstić information content (AvgIpc) is 2.50. The summed E-state index contributed by atoms with van der Waals surface area (Å²) in [6.07, 6.45) is 4.85. The number of unbranched alkanes of at least 4 members (excludes halogenated alkanes) is 3. The number of nitrogens with one attached hydrogen (secondary N) is 2. The molecule has 0 heterocycles. The minimum Gasteiger partial charge on any atom is -0.356 e. The summed E-state index contributed by atoms with van der Waals surface area (Å²) in [7, 11) is 1.73. The Bertz CT molecular complexity index is 457.